The quantitative estimate of drug-likeness (QED) is 0.164. The van der Waals surface area contributed by atoms with Crippen LogP contribution in [0.25, 0.3) is 21.9 Å². The SMILES string of the molecule is CN1CCC(c2cccc3c2n(C)c(=O)n3C2CCC(=O)NC2=O)C(F)(F)C1.O=C(Nc1cc2cn(C3CCCCC3)nc2cn1)c1cccc(C(F)(F)F)n1. The van der Waals surface area contributed by atoms with Crippen LogP contribution in [0.15, 0.2) is 59.7 Å². The summed E-state index contributed by atoms with van der Waals surface area (Å²) in [4.78, 5) is 58.1. The number of imidazole rings is 1. The predicted octanol–water partition coefficient (Wildman–Crippen LogP) is 5.97. The van der Waals surface area contributed by atoms with Crippen LogP contribution in [0.5, 0.6) is 0 Å². The molecule has 3 aliphatic rings. The van der Waals surface area contributed by atoms with Gasteiger partial charge in [-0.3, -0.25) is 33.5 Å². The van der Waals surface area contributed by atoms with E-state index < -0.39 is 47.3 Å². The van der Waals surface area contributed by atoms with E-state index in [1.807, 2.05) is 10.9 Å². The van der Waals surface area contributed by atoms with Crippen LogP contribution in [0.3, 0.4) is 0 Å². The molecule has 0 spiro atoms. The lowest BCUT2D eigenvalue weighted by molar-refractivity contribution is -0.141. The summed E-state index contributed by atoms with van der Waals surface area (Å²) in [7, 11) is 3.20. The molecule has 2 saturated heterocycles. The van der Waals surface area contributed by atoms with Gasteiger partial charge in [0.2, 0.25) is 11.8 Å². The summed E-state index contributed by atoms with van der Waals surface area (Å²) in [5.41, 5.74) is 0.0998. The van der Waals surface area contributed by atoms with Crippen molar-refractivity contribution in [2.45, 2.75) is 81.5 Å². The number of likely N-dealkylation sites (tertiary alicyclic amines) is 1. The second-order valence-corrected chi connectivity index (χ2v) is 14.6. The Bertz CT molecular complexity index is 2360. The van der Waals surface area contributed by atoms with Gasteiger partial charge in [-0.1, -0.05) is 37.5 Å². The summed E-state index contributed by atoms with van der Waals surface area (Å²) >= 11 is 0. The zero-order valence-corrected chi connectivity index (χ0v) is 30.7. The fourth-order valence-electron chi connectivity index (χ4n) is 7.92. The Hall–Kier alpha value is -5.52. The highest BCUT2D eigenvalue weighted by Gasteiger charge is 2.45. The highest BCUT2D eigenvalue weighted by atomic mass is 19.4. The van der Waals surface area contributed by atoms with E-state index in [4.69, 9.17) is 0 Å². The highest BCUT2D eigenvalue weighted by Crippen LogP contribution is 2.42. The molecule has 2 N–H and O–H groups in total. The fourth-order valence-corrected chi connectivity index (χ4v) is 7.92. The van der Waals surface area contributed by atoms with Crippen LogP contribution in [0.2, 0.25) is 0 Å². The fraction of sp³-hybridized carbons (Fsp3) is 0.447. The first kappa shape index (κ1) is 38.7. The molecule has 2 atom stereocenters. The average Bonchev–Trinajstić information content (AvgIpc) is 3.69. The number of hydrogen-bond donors (Lipinski definition) is 2. The third kappa shape index (κ3) is 7.79. The van der Waals surface area contributed by atoms with Gasteiger partial charge in [-0.25, -0.2) is 23.5 Å². The molecule has 0 radical (unpaired) electrons. The molecule has 1 aromatic carbocycles. The number of carbonyl (C=O) groups is 3. The summed E-state index contributed by atoms with van der Waals surface area (Å²) in [5.74, 6) is -5.36. The molecule has 18 heteroatoms. The van der Waals surface area contributed by atoms with E-state index in [9.17, 15) is 41.1 Å². The molecule has 8 rings (SSSR count). The highest BCUT2D eigenvalue weighted by molar-refractivity contribution is 6.03. The number of rotatable bonds is 5. The van der Waals surface area contributed by atoms with Crippen molar-refractivity contribution in [1.82, 2.24) is 39.1 Å². The Labute approximate surface area is 316 Å². The molecule has 3 fully saturated rings. The maximum Gasteiger partial charge on any atom is 0.433 e. The molecular weight excluding hydrogens is 741 g/mol. The Kier molecular flexibility index (Phi) is 10.5. The third-order valence-electron chi connectivity index (χ3n) is 10.7. The number of halogens is 5. The van der Waals surface area contributed by atoms with Crippen LogP contribution in [0, 0.1) is 0 Å². The minimum absolute atomic E-state index is 0.131. The van der Waals surface area contributed by atoms with Crippen molar-refractivity contribution in [3.8, 4) is 0 Å². The van der Waals surface area contributed by atoms with Gasteiger partial charge in [0.05, 0.1) is 35.7 Å². The third-order valence-corrected chi connectivity index (χ3v) is 10.7. The smallest absolute Gasteiger partial charge is 0.305 e. The summed E-state index contributed by atoms with van der Waals surface area (Å²) in [5, 5.41) is 10.1. The van der Waals surface area contributed by atoms with Gasteiger partial charge in [0.15, 0.2) is 0 Å². The van der Waals surface area contributed by atoms with Gasteiger partial charge in [0.1, 0.15) is 28.8 Å². The predicted molar refractivity (Wildman–Crippen MR) is 195 cm³/mol. The zero-order valence-electron chi connectivity index (χ0n) is 30.7. The van der Waals surface area contributed by atoms with Crippen molar-refractivity contribution in [3.63, 3.8) is 0 Å². The number of alkyl halides is 5. The van der Waals surface area contributed by atoms with Crippen molar-refractivity contribution in [3.05, 3.63) is 82.3 Å². The summed E-state index contributed by atoms with van der Waals surface area (Å²) in [6, 6.07) is 9.34. The van der Waals surface area contributed by atoms with E-state index in [0.717, 1.165) is 30.4 Å². The Morgan fingerprint density at radius 3 is 2.45 bits per heavy atom. The van der Waals surface area contributed by atoms with Crippen LogP contribution in [-0.4, -0.2) is 77.6 Å². The Balaban J connectivity index is 0.000000172. The van der Waals surface area contributed by atoms with Gasteiger partial charge in [0, 0.05) is 25.1 Å². The van der Waals surface area contributed by atoms with Crippen LogP contribution in [-0.2, 0) is 22.8 Å². The first-order valence-electron chi connectivity index (χ1n) is 18.4. The largest absolute Gasteiger partial charge is 0.433 e. The van der Waals surface area contributed by atoms with Crippen molar-refractivity contribution < 1.29 is 36.3 Å². The van der Waals surface area contributed by atoms with E-state index in [2.05, 4.69) is 25.7 Å². The number of piperidine rings is 2. The number of anilines is 1. The van der Waals surface area contributed by atoms with E-state index in [-0.39, 0.29) is 43.2 Å². The maximum absolute atomic E-state index is 14.8. The molecule has 0 bridgehead atoms. The molecule has 2 unspecified atom stereocenters. The molecule has 2 aliphatic heterocycles. The number of carbonyl (C=O) groups excluding carboxylic acids is 3. The van der Waals surface area contributed by atoms with Crippen LogP contribution >= 0.6 is 0 Å². The number of para-hydroxylation sites is 1. The second kappa shape index (κ2) is 15.2. The number of hydrogen-bond acceptors (Lipinski definition) is 8. The minimum atomic E-state index is -4.61. The number of nitrogens with one attached hydrogen (secondary N) is 2. The van der Waals surface area contributed by atoms with Gasteiger partial charge in [-0.2, -0.15) is 18.3 Å². The number of nitrogens with zero attached hydrogens (tertiary/aromatic N) is 7. The van der Waals surface area contributed by atoms with E-state index >= 15 is 0 Å². The van der Waals surface area contributed by atoms with Gasteiger partial charge in [-0.05, 0) is 69.1 Å². The van der Waals surface area contributed by atoms with Gasteiger partial charge in [0.25, 0.3) is 11.8 Å². The molecule has 6 heterocycles. The summed E-state index contributed by atoms with van der Waals surface area (Å²) in [6.07, 6.45) is 5.27. The molecule has 296 valence electrons. The van der Waals surface area contributed by atoms with Crippen molar-refractivity contribution in [2.75, 3.05) is 25.5 Å². The Morgan fingerprint density at radius 2 is 1.73 bits per heavy atom. The number of amides is 3. The van der Waals surface area contributed by atoms with Crippen LogP contribution in [0.4, 0.5) is 27.8 Å². The molecule has 3 amide bonds. The lowest BCUT2D eigenvalue weighted by Crippen LogP contribution is -2.45. The topological polar surface area (TPSA) is 149 Å². The standard InChI is InChI=1S/C19H18F3N5O.C19H22F2N4O3/c20-19(21,22)16-8-4-7-14(24-16)18(28)25-17-9-12-11-27(26-15(12)10-23-17)13-5-2-1-3-6-13;1-23-9-8-12(19(20,21)10-23)11-4-3-5-13-16(11)24(2)18(28)25(13)14-6-7-15(26)22-17(14)27/h4,7-11,13H,1-3,5-6H2,(H,25,28);3-5,12,14H,6-10H2,1-2H3,(H,22,26,27). The molecule has 4 aromatic heterocycles. The molecule has 1 aliphatic carbocycles. The number of aromatic nitrogens is 6. The normalized spacial score (nSPS) is 20.8. The number of fused-ring (bicyclic) bond motifs is 2. The van der Waals surface area contributed by atoms with Gasteiger partial charge >= 0.3 is 11.9 Å². The number of benzene rings is 1. The number of aryl methyl sites for hydroxylation is 1. The Morgan fingerprint density at radius 1 is 0.982 bits per heavy atom. The molecule has 1 saturated carbocycles. The lowest BCUT2D eigenvalue weighted by atomic mass is 9.85. The summed E-state index contributed by atoms with van der Waals surface area (Å²) < 4.78 is 72.5. The molecule has 5 aromatic rings. The molecular formula is C38H40F5N9O4. The molecule has 13 nitrogen and oxygen atoms in total. The summed E-state index contributed by atoms with van der Waals surface area (Å²) in [6.45, 7) is 0.203. The van der Waals surface area contributed by atoms with Crippen molar-refractivity contribution in [1.29, 1.82) is 0 Å². The van der Waals surface area contributed by atoms with Gasteiger partial charge < -0.3 is 10.2 Å². The minimum Gasteiger partial charge on any atom is -0.305 e. The first-order valence-corrected chi connectivity index (χ1v) is 18.4. The number of imide groups is 1. The van der Waals surface area contributed by atoms with Gasteiger partial charge in [-0.15, -0.1) is 0 Å². The maximum atomic E-state index is 14.8. The van der Waals surface area contributed by atoms with Crippen LogP contribution < -0.4 is 16.3 Å². The van der Waals surface area contributed by atoms with E-state index in [1.165, 1.54) is 41.5 Å². The lowest BCUT2D eigenvalue weighted by Gasteiger charge is -2.37. The second-order valence-electron chi connectivity index (χ2n) is 14.6. The zero-order chi connectivity index (χ0) is 39.9. The average molecular weight is 782 g/mol. The van der Waals surface area contributed by atoms with Crippen LogP contribution in [0.1, 0.15) is 91.1 Å². The number of pyridine rings is 2. The monoisotopic (exact) mass is 781 g/mol. The van der Waals surface area contributed by atoms with Crippen molar-refractivity contribution in [2.24, 2.45) is 7.05 Å². The van der Waals surface area contributed by atoms with E-state index in [1.54, 1.807) is 42.4 Å². The van der Waals surface area contributed by atoms with E-state index in [0.29, 0.717) is 34.7 Å². The first-order chi connectivity index (χ1) is 26.6. The van der Waals surface area contributed by atoms with Crippen molar-refractivity contribution >= 4 is 45.5 Å². The molecule has 56 heavy (non-hydrogen) atoms.